The fourth-order valence-corrected chi connectivity index (χ4v) is 2.01. The zero-order valence-corrected chi connectivity index (χ0v) is 15.0. The molecule has 0 atom stereocenters. The first-order chi connectivity index (χ1) is 12.4. The molecule has 2 aromatic heterocycles. The van der Waals surface area contributed by atoms with Gasteiger partial charge in [-0.2, -0.15) is 0 Å². The highest BCUT2D eigenvalue weighted by atomic mass is 16.5. The highest BCUT2D eigenvalue weighted by Gasteiger charge is 2.11. The number of pyridine rings is 2. The number of carbonyl (C=O) groups excluding carboxylic acids is 2. The first kappa shape index (κ1) is 20.9. The molecule has 0 aliphatic carbocycles. The van der Waals surface area contributed by atoms with E-state index in [0.29, 0.717) is 25.5 Å². The molecule has 1 N–H and O–H groups in total. The van der Waals surface area contributed by atoms with Crippen molar-refractivity contribution >= 4 is 11.9 Å². The summed E-state index contributed by atoms with van der Waals surface area (Å²) in [4.78, 5) is 46.8. The van der Waals surface area contributed by atoms with Crippen LogP contribution < -0.4 is 11.1 Å². The number of carbonyl (C=O) groups is 2. The van der Waals surface area contributed by atoms with Gasteiger partial charge in [-0.25, -0.2) is 9.59 Å². The van der Waals surface area contributed by atoms with Crippen LogP contribution in [-0.4, -0.2) is 34.7 Å². The first-order valence-electron chi connectivity index (χ1n) is 8.17. The molecule has 0 fully saturated rings. The van der Waals surface area contributed by atoms with Gasteiger partial charge in [0.1, 0.15) is 11.4 Å². The highest BCUT2D eigenvalue weighted by molar-refractivity contribution is 5.87. The smallest absolute Gasteiger partial charge is 0.355 e. The van der Waals surface area contributed by atoms with Gasteiger partial charge in [0.15, 0.2) is 0 Å². The van der Waals surface area contributed by atoms with E-state index in [4.69, 9.17) is 4.74 Å². The van der Waals surface area contributed by atoms with E-state index in [1.54, 1.807) is 26.0 Å². The van der Waals surface area contributed by atoms with E-state index >= 15 is 0 Å². The van der Waals surface area contributed by atoms with Crippen molar-refractivity contribution in [1.29, 1.82) is 0 Å². The third-order valence-corrected chi connectivity index (χ3v) is 3.11. The molecule has 0 saturated heterocycles. The molecule has 0 spiro atoms. The van der Waals surface area contributed by atoms with Crippen LogP contribution in [0.15, 0.2) is 46.0 Å². The third-order valence-electron chi connectivity index (χ3n) is 3.11. The lowest BCUT2D eigenvalue weighted by Gasteiger charge is -2.08. The first-order valence-corrected chi connectivity index (χ1v) is 8.17. The van der Waals surface area contributed by atoms with Crippen LogP contribution in [0.5, 0.6) is 0 Å². The second kappa shape index (κ2) is 10.7. The Balaban J connectivity index is 0.000000263. The van der Waals surface area contributed by atoms with Crippen molar-refractivity contribution in [3.63, 3.8) is 0 Å². The number of aromatic nitrogens is 2. The quantitative estimate of drug-likeness (QED) is 0.810. The van der Waals surface area contributed by atoms with Crippen LogP contribution in [0.1, 0.15) is 41.7 Å². The lowest BCUT2D eigenvalue weighted by molar-refractivity contribution is 0.0505. The van der Waals surface area contributed by atoms with Crippen LogP contribution >= 0.6 is 0 Å². The van der Waals surface area contributed by atoms with Crippen LogP contribution in [0.3, 0.4) is 0 Å². The van der Waals surface area contributed by atoms with Gasteiger partial charge in [0.05, 0.1) is 13.2 Å². The molecule has 8 heteroatoms. The van der Waals surface area contributed by atoms with Crippen LogP contribution in [0.2, 0.25) is 0 Å². The molecule has 0 bridgehead atoms. The summed E-state index contributed by atoms with van der Waals surface area (Å²) >= 11 is 0. The van der Waals surface area contributed by atoms with Crippen LogP contribution in [0.4, 0.5) is 0 Å². The van der Waals surface area contributed by atoms with E-state index in [1.807, 2.05) is 6.92 Å². The highest BCUT2D eigenvalue weighted by Crippen LogP contribution is 1.99. The molecule has 140 valence electrons. The summed E-state index contributed by atoms with van der Waals surface area (Å²) in [5.41, 5.74) is 0.00445. The van der Waals surface area contributed by atoms with Gasteiger partial charge in [0, 0.05) is 18.7 Å². The van der Waals surface area contributed by atoms with Crippen molar-refractivity contribution in [3.05, 3.63) is 68.5 Å². The fourth-order valence-electron chi connectivity index (χ4n) is 2.01. The topological polar surface area (TPSA) is 107 Å². The summed E-state index contributed by atoms with van der Waals surface area (Å²) in [6.45, 7) is 6.33. The number of aromatic amines is 1. The van der Waals surface area contributed by atoms with Crippen molar-refractivity contribution in [2.75, 3.05) is 13.2 Å². The Bertz CT molecular complexity index is 853. The number of nitrogens with zero attached hydrogens (tertiary/aromatic N) is 1. The average molecular weight is 362 g/mol. The van der Waals surface area contributed by atoms with Gasteiger partial charge in [0.25, 0.3) is 5.56 Å². The molecule has 26 heavy (non-hydrogen) atoms. The second-order valence-electron chi connectivity index (χ2n) is 4.86. The van der Waals surface area contributed by atoms with Gasteiger partial charge < -0.3 is 19.0 Å². The molecular weight excluding hydrogens is 340 g/mol. The normalized spacial score (nSPS) is 9.65. The zero-order valence-electron chi connectivity index (χ0n) is 15.0. The monoisotopic (exact) mass is 362 g/mol. The van der Waals surface area contributed by atoms with E-state index in [9.17, 15) is 19.2 Å². The SMILES string of the molecule is CCOC(=O)c1cccc(=O)[nH]1.CCOC(=O)c1cccc(=O)n1CC. The maximum absolute atomic E-state index is 11.4. The predicted molar refractivity (Wildman–Crippen MR) is 95.4 cm³/mol. The molecule has 0 aliphatic heterocycles. The molecular formula is C18H22N2O6. The summed E-state index contributed by atoms with van der Waals surface area (Å²) in [6, 6.07) is 8.91. The van der Waals surface area contributed by atoms with Gasteiger partial charge in [-0.3, -0.25) is 9.59 Å². The standard InChI is InChI=1S/C10H13NO3.C8H9NO3/c1-3-11-8(10(13)14-4-2)6-5-7-9(11)12;1-2-12-8(11)6-4-3-5-7(10)9-6/h5-7H,3-4H2,1-2H3;3-5H,2H2,1H3,(H,9,10). The number of hydrogen-bond donors (Lipinski definition) is 1. The van der Waals surface area contributed by atoms with E-state index in [2.05, 4.69) is 9.72 Å². The van der Waals surface area contributed by atoms with Crippen LogP contribution in [0.25, 0.3) is 0 Å². The minimum absolute atomic E-state index is 0.182. The molecule has 0 unspecified atom stereocenters. The van der Waals surface area contributed by atoms with Crippen molar-refractivity contribution < 1.29 is 19.1 Å². The van der Waals surface area contributed by atoms with E-state index < -0.39 is 11.9 Å². The molecule has 0 aromatic carbocycles. The number of ether oxygens (including phenoxy) is 2. The largest absolute Gasteiger partial charge is 0.461 e. The summed E-state index contributed by atoms with van der Waals surface area (Å²) in [6.07, 6.45) is 0. The van der Waals surface area contributed by atoms with Crippen molar-refractivity contribution in [3.8, 4) is 0 Å². The number of nitrogens with one attached hydrogen (secondary N) is 1. The Hall–Kier alpha value is -3.16. The van der Waals surface area contributed by atoms with Gasteiger partial charge in [-0.05, 0) is 32.9 Å². The van der Waals surface area contributed by atoms with E-state index in [-0.39, 0.29) is 16.8 Å². The Morgan fingerprint density at radius 2 is 1.54 bits per heavy atom. The zero-order chi connectivity index (χ0) is 19.5. The van der Waals surface area contributed by atoms with E-state index in [1.165, 1.54) is 28.8 Å². The fraction of sp³-hybridized carbons (Fsp3) is 0.333. The van der Waals surface area contributed by atoms with Gasteiger partial charge in [-0.1, -0.05) is 12.1 Å². The van der Waals surface area contributed by atoms with Crippen molar-refractivity contribution in [1.82, 2.24) is 9.55 Å². The summed E-state index contributed by atoms with van der Waals surface area (Å²) in [5, 5.41) is 0. The minimum Gasteiger partial charge on any atom is -0.461 e. The Labute approximate surface area is 150 Å². The molecule has 0 saturated carbocycles. The average Bonchev–Trinajstić information content (AvgIpc) is 2.62. The van der Waals surface area contributed by atoms with Crippen LogP contribution in [-0.2, 0) is 16.0 Å². The number of H-pyrrole nitrogens is 1. The summed E-state index contributed by atoms with van der Waals surface area (Å²) in [5.74, 6) is -0.956. The second-order valence-corrected chi connectivity index (χ2v) is 4.86. The van der Waals surface area contributed by atoms with Crippen LogP contribution in [0, 0.1) is 0 Å². The lowest BCUT2D eigenvalue weighted by Crippen LogP contribution is -2.25. The Morgan fingerprint density at radius 3 is 2.12 bits per heavy atom. The molecule has 2 rings (SSSR count). The summed E-state index contributed by atoms with van der Waals surface area (Å²) in [7, 11) is 0. The third kappa shape index (κ3) is 6.04. The minimum atomic E-state index is -0.504. The Morgan fingerprint density at radius 1 is 0.923 bits per heavy atom. The molecule has 0 aliphatic rings. The number of esters is 2. The van der Waals surface area contributed by atoms with Crippen molar-refractivity contribution in [2.24, 2.45) is 0 Å². The summed E-state index contributed by atoms with van der Waals surface area (Å²) < 4.78 is 10.9. The number of hydrogen-bond acceptors (Lipinski definition) is 6. The number of rotatable bonds is 5. The van der Waals surface area contributed by atoms with Gasteiger partial charge in [-0.15, -0.1) is 0 Å². The van der Waals surface area contributed by atoms with Gasteiger partial charge >= 0.3 is 11.9 Å². The molecule has 2 aromatic rings. The molecule has 0 radical (unpaired) electrons. The lowest BCUT2D eigenvalue weighted by atomic mass is 10.3. The maximum Gasteiger partial charge on any atom is 0.355 e. The molecule has 0 amide bonds. The van der Waals surface area contributed by atoms with E-state index in [0.717, 1.165) is 0 Å². The molecule has 8 nitrogen and oxygen atoms in total. The maximum atomic E-state index is 11.4. The predicted octanol–water partition coefficient (Wildman–Crippen LogP) is 1.60. The van der Waals surface area contributed by atoms with Crippen molar-refractivity contribution in [2.45, 2.75) is 27.3 Å². The molecule has 2 heterocycles. The Kier molecular flexibility index (Phi) is 8.56. The van der Waals surface area contributed by atoms with Gasteiger partial charge in [0.2, 0.25) is 5.56 Å².